The third kappa shape index (κ3) is 5.48. The van der Waals surface area contributed by atoms with Gasteiger partial charge < -0.3 is 0 Å². The van der Waals surface area contributed by atoms with Crippen LogP contribution in [0.15, 0.2) is 18.2 Å². The fourth-order valence-electron chi connectivity index (χ4n) is 0.477. The van der Waals surface area contributed by atoms with Crippen LogP contribution in [0.2, 0.25) is 0 Å². The van der Waals surface area contributed by atoms with Crippen LogP contribution in [-0.2, 0) is 0 Å². The second-order valence-corrected chi connectivity index (χ2v) is 1.69. The summed E-state index contributed by atoms with van der Waals surface area (Å²) in [5.74, 6) is 0. The standard InChI is InChI=1S/C8H13/c1-3-5-7-8-6-4-2/h1,3,6,8H,4-5,7H2,2H3. The van der Waals surface area contributed by atoms with Gasteiger partial charge in [0.05, 0.1) is 0 Å². The quantitative estimate of drug-likeness (QED) is 0.384. The Morgan fingerprint density at radius 2 is 2.00 bits per heavy atom. The van der Waals surface area contributed by atoms with E-state index in [2.05, 4.69) is 19.1 Å². The van der Waals surface area contributed by atoms with Gasteiger partial charge in [-0.15, -0.1) is 0 Å². The van der Waals surface area contributed by atoms with Crippen molar-refractivity contribution < 1.29 is 0 Å². The molecular formula is C8H13. The van der Waals surface area contributed by atoms with Crippen molar-refractivity contribution in [2.75, 3.05) is 0 Å². The Morgan fingerprint density at radius 3 is 2.50 bits per heavy atom. The van der Waals surface area contributed by atoms with E-state index in [0.29, 0.717) is 0 Å². The fourth-order valence-corrected chi connectivity index (χ4v) is 0.477. The first-order chi connectivity index (χ1) is 3.91. The van der Waals surface area contributed by atoms with Crippen LogP contribution in [-0.4, -0.2) is 0 Å². The Labute approximate surface area is 51.9 Å². The molecule has 0 atom stereocenters. The SMILES string of the molecule is [CH]=CCCC=CCC. The van der Waals surface area contributed by atoms with Crippen LogP contribution in [0.3, 0.4) is 0 Å². The van der Waals surface area contributed by atoms with Gasteiger partial charge in [-0.1, -0.05) is 31.7 Å². The Kier molecular flexibility index (Phi) is 6.06. The van der Waals surface area contributed by atoms with Gasteiger partial charge in [0.2, 0.25) is 0 Å². The van der Waals surface area contributed by atoms with E-state index >= 15 is 0 Å². The molecule has 0 spiro atoms. The molecule has 0 saturated heterocycles. The van der Waals surface area contributed by atoms with Crippen molar-refractivity contribution in [2.45, 2.75) is 26.2 Å². The van der Waals surface area contributed by atoms with Gasteiger partial charge in [-0.2, -0.15) is 0 Å². The van der Waals surface area contributed by atoms with E-state index in [9.17, 15) is 0 Å². The molecule has 0 aromatic heterocycles. The maximum absolute atomic E-state index is 5.15. The van der Waals surface area contributed by atoms with E-state index in [4.69, 9.17) is 6.58 Å². The number of rotatable bonds is 4. The largest absolute Gasteiger partial charge is 0.0888 e. The molecule has 0 unspecified atom stereocenters. The molecule has 45 valence electrons. The topological polar surface area (TPSA) is 0 Å². The van der Waals surface area contributed by atoms with Crippen molar-refractivity contribution in [1.29, 1.82) is 0 Å². The molecule has 0 N–H and O–H groups in total. The summed E-state index contributed by atoms with van der Waals surface area (Å²) in [5, 5.41) is 0. The molecule has 0 aliphatic heterocycles. The van der Waals surface area contributed by atoms with Crippen molar-refractivity contribution in [3.05, 3.63) is 24.8 Å². The summed E-state index contributed by atoms with van der Waals surface area (Å²) in [5.41, 5.74) is 0. The average Bonchev–Trinajstić information content (AvgIpc) is 1.81. The maximum atomic E-state index is 5.15. The molecule has 0 heterocycles. The monoisotopic (exact) mass is 109 g/mol. The predicted molar refractivity (Wildman–Crippen MR) is 37.5 cm³/mol. The van der Waals surface area contributed by atoms with Crippen LogP contribution in [0.25, 0.3) is 0 Å². The minimum Gasteiger partial charge on any atom is -0.0888 e. The highest BCUT2D eigenvalue weighted by Crippen LogP contribution is 1.91. The second-order valence-electron chi connectivity index (χ2n) is 1.69. The third-order valence-corrected chi connectivity index (χ3v) is 0.902. The average molecular weight is 109 g/mol. The molecule has 0 aliphatic carbocycles. The number of hydrogen-bond donors (Lipinski definition) is 0. The summed E-state index contributed by atoms with van der Waals surface area (Å²) >= 11 is 0. The summed E-state index contributed by atoms with van der Waals surface area (Å²) in [6.45, 7) is 7.28. The fraction of sp³-hybridized carbons (Fsp3) is 0.500. The molecule has 0 bridgehead atoms. The van der Waals surface area contributed by atoms with Crippen molar-refractivity contribution in [1.82, 2.24) is 0 Å². The smallest absolute Gasteiger partial charge is 0.0313 e. The Hall–Kier alpha value is -0.520. The van der Waals surface area contributed by atoms with Crippen LogP contribution in [0, 0.1) is 6.58 Å². The molecule has 0 aliphatic rings. The van der Waals surface area contributed by atoms with Gasteiger partial charge in [-0.3, -0.25) is 0 Å². The lowest BCUT2D eigenvalue weighted by Gasteiger charge is -1.81. The van der Waals surface area contributed by atoms with Gasteiger partial charge in [0, 0.05) is 0 Å². The summed E-state index contributed by atoms with van der Waals surface area (Å²) < 4.78 is 0. The van der Waals surface area contributed by atoms with Crippen LogP contribution < -0.4 is 0 Å². The zero-order valence-electron chi connectivity index (χ0n) is 5.43. The van der Waals surface area contributed by atoms with Gasteiger partial charge >= 0.3 is 0 Å². The summed E-state index contributed by atoms with van der Waals surface area (Å²) in [6.07, 6.45) is 9.22. The van der Waals surface area contributed by atoms with E-state index in [1.165, 1.54) is 0 Å². The molecule has 1 radical (unpaired) electrons. The van der Waals surface area contributed by atoms with Crippen LogP contribution in [0.4, 0.5) is 0 Å². The summed E-state index contributed by atoms with van der Waals surface area (Å²) in [6, 6.07) is 0. The van der Waals surface area contributed by atoms with Crippen molar-refractivity contribution in [3.63, 3.8) is 0 Å². The molecule has 0 saturated carbocycles. The van der Waals surface area contributed by atoms with Crippen molar-refractivity contribution in [2.24, 2.45) is 0 Å². The van der Waals surface area contributed by atoms with E-state index in [-0.39, 0.29) is 0 Å². The van der Waals surface area contributed by atoms with E-state index in [0.717, 1.165) is 19.3 Å². The first-order valence-corrected chi connectivity index (χ1v) is 3.10. The molecule has 8 heavy (non-hydrogen) atoms. The lowest BCUT2D eigenvalue weighted by Crippen LogP contribution is -1.61. The van der Waals surface area contributed by atoms with E-state index in [1.54, 1.807) is 6.08 Å². The molecular weight excluding hydrogens is 96.1 g/mol. The van der Waals surface area contributed by atoms with E-state index in [1.807, 2.05) is 0 Å². The van der Waals surface area contributed by atoms with Crippen molar-refractivity contribution in [3.8, 4) is 0 Å². The van der Waals surface area contributed by atoms with Crippen molar-refractivity contribution >= 4 is 0 Å². The lowest BCUT2D eigenvalue weighted by atomic mass is 10.3. The summed E-state index contributed by atoms with van der Waals surface area (Å²) in [7, 11) is 0. The molecule has 0 aromatic carbocycles. The maximum Gasteiger partial charge on any atom is -0.0313 e. The van der Waals surface area contributed by atoms with Crippen LogP contribution in [0.1, 0.15) is 26.2 Å². The van der Waals surface area contributed by atoms with E-state index < -0.39 is 0 Å². The molecule has 0 aromatic rings. The van der Waals surface area contributed by atoms with Crippen LogP contribution in [0.5, 0.6) is 0 Å². The predicted octanol–water partition coefficient (Wildman–Crippen LogP) is 2.72. The molecule has 0 rings (SSSR count). The molecule has 0 fully saturated rings. The Bertz CT molecular complexity index is 70.1. The van der Waals surface area contributed by atoms with Gasteiger partial charge in [0.25, 0.3) is 0 Å². The zero-order valence-corrected chi connectivity index (χ0v) is 5.43. The molecule has 0 heteroatoms. The first kappa shape index (κ1) is 7.48. The number of allylic oxidation sites excluding steroid dienone is 3. The van der Waals surface area contributed by atoms with Gasteiger partial charge in [0.1, 0.15) is 0 Å². The number of hydrogen-bond acceptors (Lipinski definition) is 0. The Morgan fingerprint density at radius 1 is 1.25 bits per heavy atom. The highest BCUT2D eigenvalue weighted by molar-refractivity contribution is 4.82. The minimum atomic E-state index is 0.997. The summed E-state index contributed by atoms with van der Waals surface area (Å²) in [4.78, 5) is 0. The highest BCUT2D eigenvalue weighted by Gasteiger charge is 1.71. The first-order valence-electron chi connectivity index (χ1n) is 3.10. The zero-order chi connectivity index (χ0) is 6.24. The van der Waals surface area contributed by atoms with Gasteiger partial charge in [-0.25, -0.2) is 0 Å². The molecule has 0 amide bonds. The molecule has 0 nitrogen and oxygen atoms in total. The van der Waals surface area contributed by atoms with Gasteiger partial charge in [0.15, 0.2) is 0 Å². The third-order valence-electron chi connectivity index (χ3n) is 0.902. The Balaban J connectivity index is 2.90. The van der Waals surface area contributed by atoms with Gasteiger partial charge in [-0.05, 0) is 19.3 Å². The normalized spacial score (nSPS) is 10.1. The lowest BCUT2D eigenvalue weighted by molar-refractivity contribution is 1.04. The second kappa shape index (κ2) is 6.48. The highest BCUT2D eigenvalue weighted by atomic mass is 13.8. The minimum absolute atomic E-state index is 0.997. The number of unbranched alkanes of at least 4 members (excludes halogenated alkanes) is 1. The van der Waals surface area contributed by atoms with Crippen LogP contribution >= 0.6 is 0 Å².